The number of ether oxygens (including phenoxy) is 1. The number of carbonyl (C=O) groups excluding carboxylic acids is 1. The van der Waals surface area contributed by atoms with E-state index in [0.29, 0.717) is 10.6 Å². The first-order valence-corrected chi connectivity index (χ1v) is 5.40. The van der Waals surface area contributed by atoms with Crippen molar-refractivity contribution in [2.24, 2.45) is 0 Å². The van der Waals surface area contributed by atoms with E-state index in [0.717, 1.165) is 0 Å². The Balaban J connectivity index is 2.24. The summed E-state index contributed by atoms with van der Waals surface area (Å²) in [5, 5.41) is 4.16. The number of carbonyl (C=O) groups is 1. The molecule has 0 amide bonds. The highest BCUT2D eigenvalue weighted by molar-refractivity contribution is 6.31. The number of nitrogens with zero attached hydrogens (tertiary/aromatic N) is 3. The molecule has 0 aliphatic carbocycles. The summed E-state index contributed by atoms with van der Waals surface area (Å²) in [7, 11) is 1.23. The summed E-state index contributed by atoms with van der Waals surface area (Å²) in [6.45, 7) is 0.0928. The molecule has 18 heavy (non-hydrogen) atoms. The molecular formula is C11H9ClFN3O2. The monoisotopic (exact) mass is 269 g/mol. The highest BCUT2D eigenvalue weighted by Gasteiger charge is 2.13. The first-order chi connectivity index (χ1) is 8.61. The van der Waals surface area contributed by atoms with Crippen molar-refractivity contribution in [1.29, 1.82) is 0 Å². The molecule has 1 aromatic carbocycles. The third-order valence-electron chi connectivity index (χ3n) is 2.29. The van der Waals surface area contributed by atoms with Crippen molar-refractivity contribution < 1.29 is 13.9 Å². The molecule has 0 radical (unpaired) electrons. The summed E-state index contributed by atoms with van der Waals surface area (Å²) in [5.74, 6) is -1.16. The molecule has 5 nitrogen and oxygen atoms in total. The number of halogens is 2. The molecule has 7 heteroatoms. The van der Waals surface area contributed by atoms with Gasteiger partial charge in [0.2, 0.25) is 0 Å². The molecule has 1 heterocycles. The van der Waals surface area contributed by atoms with Crippen molar-refractivity contribution in [3.05, 3.63) is 46.8 Å². The lowest BCUT2D eigenvalue weighted by atomic mass is 10.2. The van der Waals surface area contributed by atoms with E-state index in [4.69, 9.17) is 11.6 Å². The highest BCUT2D eigenvalue weighted by Crippen LogP contribution is 2.19. The molecule has 0 saturated carbocycles. The summed E-state index contributed by atoms with van der Waals surface area (Å²) >= 11 is 5.88. The van der Waals surface area contributed by atoms with Crippen LogP contribution in [0, 0.1) is 5.82 Å². The van der Waals surface area contributed by atoms with Crippen LogP contribution in [0.15, 0.2) is 24.5 Å². The molecule has 0 saturated heterocycles. The summed E-state index contributed by atoms with van der Waals surface area (Å²) in [6.07, 6.45) is 1.31. The fourth-order valence-electron chi connectivity index (χ4n) is 1.40. The quantitative estimate of drug-likeness (QED) is 0.799. The average molecular weight is 270 g/mol. The number of esters is 1. The third kappa shape index (κ3) is 2.48. The molecule has 0 atom stereocenters. The predicted molar refractivity (Wildman–Crippen MR) is 61.9 cm³/mol. The zero-order valence-corrected chi connectivity index (χ0v) is 10.2. The van der Waals surface area contributed by atoms with E-state index in [1.165, 1.54) is 30.3 Å². The van der Waals surface area contributed by atoms with Crippen LogP contribution < -0.4 is 0 Å². The minimum Gasteiger partial charge on any atom is -0.463 e. The minimum absolute atomic E-state index is 0.0787. The molecule has 0 spiro atoms. The lowest BCUT2D eigenvalue weighted by Crippen LogP contribution is -2.07. The highest BCUT2D eigenvalue weighted by atomic mass is 35.5. The normalized spacial score (nSPS) is 10.4. The van der Waals surface area contributed by atoms with E-state index < -0.39 is 11.8 Å². The first-order valence-electron chi connectivity index (χ1n) is 5.02. The van der Waals surface area contributed by atoms with Gasteiger partial charge in [0.25, 0.3) is 5.82 Å². The van der Waals surface area contributed by atoms with Crippen LogP contribution in [0.3, 0.4) is 0 Å². The second-order valence-electron chi connectivity index (χ2n) is 3.46. The molecule has 0 fully saturated rings. The summed E-state index contributed by atoms with van der Waals surface area (Å²) in [4.78, 5) is 14.9. The Labute approximate surface area is 107 Å². The van der Waals surface area contributed by atoms with Crippen molar-refractivity contribution in [3.63, 3.8) is 0 Å². The topological polar surface area (TPSA) is 57.0 Å². The number of methoxy groups -OCH3 is 1. The zero-order valence-electron chi connectivity index (χ0n) is 9.43. The minimum atomic E-state index is -0.645. The molecule has 2 rings (SSSR count). The Hall–Kier alpha value is -1.95. The lowest BCUT2D eigenvalue weighted by Gasteiger charge is -2.04. The number of rotatable bonds is 3. The van der Waals surface area contributed by atoms with Gasteiger partial charge >= 0.3 is 5.97 Å². The Kier molecular flexibility index (Phi) is 3.57. The maximum absolute atomic E-state index is 13.5. The Morgan fingerprint density at radius 2 is 2.33 bits per heavy atom. The average Bonchev–Trinajstić information content (AvgIpc) is 2.81. The van der Waals surface area contributed by atoms with Crippen LogP contribution in [0.2, 0.25) is 5.02 Å². The second-order valence-corrected chi connectivity index (χ2v) is 3.86. The van der Waals surface area contributed by atoms with Gasteiger partial charge in [0, 0.05) is 10.6 Å². The van der Waals surface area contributed by atoms with Crippen molar-refractivity contribution in [3.8, 4) is 0 Å². The largest absolute Gasteiger partial charge is 0.463 e. The van der Waals surface area contributed by atoms with Crippen LogP contribution in [0.5, 0.6) is 0 Å². The molecule has 0 unspecified atom stereocenters. The van der Waals surface area contributed by atoms with Gasteiger partial charge in [-0.3, -0.25) is 0 Å². The molecule has 0 aliphatic heterocycles. The number of benzene rings is 1. The third-order valence-corrected chi connectivity index (χ3v) is 2.64. The summed E-state index contributed by atoms with van der Waals surface area (Å²) in [5.41, 5.74) is 0.292. The maximum atomic E-state index is 13.5. The second kappa shape index (κ2) is 5.14. The van der Waals surface area contributed by atoms with Crippen molar-refractivity contribution in [2.75, 3.05) is 7.11 Å². The number of hydrogen-bond donors (Lipinski definition) is 0. The van der Waals surface area contributed by atoms with Crippen LogP contribution in [0.1, 0.15) is 16.2 Å². The predicted octanol–water partition coefficient (Wildman–Crippen LogP) is 1.91. The van der Waals surface area contributed by atoms with Crippen LogP contribution in [0.25, 0.3) is 0 Å². The molecule has 94 valence electrons. The molecular weight excluding hydrogens is 261 g/mol. The first kappa shape index (κ1) is 12.5. The number of hydrogen-bond acceptors (Lipinski definition) is 4. The smallest absolute Gasteiger partial charge is 0.377 e. The Bertz CT molecular complexity index is 565. The maximum Gasteiger partial charge on any atom is 0.377 e. The van der Waals surface area contributed by atoms with Gasteiger partial charge in [-0.1, -0.05) is 17.7 Å². The van der Waals surface area contributed by atoms with Gasteiger partial charge in [0.1, 0.15) is 12.1 Å². The fourth-order valence-corrected chi connectivity index (χ4v) is 1.62. The van der Waals surface area contributed by atoms with Crippen LogP contribution >= 0.6 is 11.6 Å². The van der Waals surface area contributed by atoms with E-state index in [-0.39, 0.29) is 12.4 Å². The fraction of sp³-hybridized carbons (Fsp3) is 0.182. The zero-order chi connectivity index (χ0) is 13.1. The Morgan fingerprint density at radius 1 is 1.56 bits per heavy atom. The van der Waals surface area contributed by atoms with Gasteiger partial charge in [-0.25, -0.2) is 18.9 Å². The van der Waals surface area contributed by atoms with Crippen molar-refractivity contribution in [2.45, 2.75) is 6.54 Å². The van der Waals surface area contributed by atoms with E-state index >= 15 is 0 Å². The molecule has 0 N–H and O–H groups in total. The van der Waals surface area contributed by atoms with Gasteiger partial charge in [0.05, 0.1) is 13.7 Å². The van der Waals surface area contributed by atoms with Gasteiger partial charge in [0.15, 0.2) is 0 Å². The van der Waals surface area contributed by atoms with E-state index in [9.17, 15) is 9.18 Å². The van der Waals surface area contributed by atoms with E-state index in [1.54, 1.807) is 6.07 Å². The van der Waals surface area contributed by atoms with Crippen LogP contribution in [-0.4, -0.2) is 27.8 Å². The molecule has 0 aliphatic rings. The van der Waals surface area contributed by atoms with E-state index in [2.05, 4.69) is 14.8 Å². The van der Waals surface area contributed by atoms with Crippen LogP contribution in [-0.2, 0) is 11.3 Å². The van der Waals surface area contributed by atoms with Crippen molar-refractivity contribution in [1.82, 2.24) is 14.8 Å². The van der Waals surface area contributed by atoms with Gasteiger partial charge in [-0.15, -0.1) is 5.10 Å². The summed E-state index contributed by atoms with van der Waals surface area (Å²) < 4.78 is 19.3. The van der Waals surface area contributed by atoms with Gasteiger partial charge < -0.3 is 4.74 Å². The molecule has 0 bridgehead atoms. The van der Waals surface area contributed by atoms with Gasteiger partial charge in [-0.2, -0.15) is 0 Å². The number of aromatic nitrogens is 3. The lowest BCUT2D eigenvalue weighted by molar-refractivity contribution is 0.0586. The molecule has 1 aromatic heterocycles. The Morgan fingerprint density at radius 3 is 3.00 bits per heavy atom. The molecule has 2 aromatic rings. The van der Waals surface area contributed by atoms with Gasteiger partial charge in [-0.05, 0) is 12.1 Å². The SMILES string of the molecule is COC(=O)c1ncn(Cc2c(F)cccc2Cl)n1. The van der Waals surface area contributed by atoms with Crippen molar-refractivity contribution >= 4 is 17.6 Å². The summed E-state index contributed by atoms with van der Waals surface area (Å²) in [6, 6.07) is 4.40. The van der Waals surface area contributed by atoms with Crippen LogP contribution in [0.4, 0.5) is 4.39 Å². The standard InChI is InChI=1S/C11H9ClFN3O2/c1-18-11(17)10-14-6-16(15-10)5-7-8(12)3-2-4-9(7)13/h2-4,6H,5H2,1H3. The van der Waals surface area contributed by atoms with E-state index in [1.807, 2.05) is 0 Å².